The van der Waals surface area contributed by atoms with Crippen LogP contribution in [0, 0.1) is 11.8 Å². The lowest BCUT2D eigenvalue weighted by molar-refractivity contribution is 0.134. The average Bonchev–Trinajstić information content (AvgIpc) is 2.98. The number of nitrogens with one attached hydrogen (secondary N) is 2. The highest BCUT2D eigenvalue weighted by Crippen LogP contribution is 2.23. The Hall–Kier alpha value is -0.870. The standard InChI is InChI=1S/C22H36N4O2S.HI/c1-4-23-22(25-21-9-10-29(27,28)16-21)24-12-19-7-5-6-8-20(19)15-26-13-17(2)11-18(3)14-26;/h5-8,17-18,21H,4,9-16H2,1-3H3,(H2,23,24,25);1H. The summed E-state index contributed by atoms with van der Waals surface area (Å²) in [5, 5.41) is 6.56. The number of likely N-dealkylation sites (tertiary alicyclic amines) is 1. The minimum absolute atomic E-state index is 0. The monoisotopic (exact) mass is 548 g/mol. The predicted molar refractivity (Wildman–Crippen MR) is 135 cm³/mol. The first-order valence-corrected chi connectivity index (χ1v) is 12.7. The Morgan fingerprint density at radius 2 is 1.83 bits per heavy atom. The molecule has 6 nitrogen and oxygen atoms in total. The first-order chi connectivity index (χ1) is 13.8. The van der Waals surface area contributed by atoms with Crippen LogP contribution in [0.2, 0.25) is 0 Å². The second-order valence-corrected chi connectivity index (χ2v) is 11.1. The fraction of sp³-hybridized carbons (Fsp3) is 0.682. The van der Waals surface area contributed by atoms with Gasteiger partial charge in [0.1, 0.15) is 0 Å². The third-order valence-corrected chi connectivity index (χ3v) is 7.55. The summed E-state index contributed by atoms with van der Waals surface area (Å²) in [4.78, 5) is 7.32. The molecule has 30 heavy (non-hydrogen) atoms. The fourth-order valence-corrected chi connectivity index (χ4v) is 6.29. The van der Waals surface area contributed by atoms with E-state index < -0.39 is 9.84 Å². The normalized spacial score (nSPS) is 26.8. The molecule has 2 N–H and O–H groups in total. The van der Waals surface area contributed by atoms with Crippen LogP contribution in [-0.4, -0.2) is 56.5 Å². The highest BCUT2D eigenvalue weighted by molar-refractivity contribution is 14.0. The van der Waals surface area contributed by atoms with Gasteiger partial charge in [0.2, 0.25) is 0 Å². The van der Waals surface area contributed by atoms with Gasteiger partial charge in [-0.25, -0.2) is 13.4 Å². The van der Waals surface area contributed by atoms with Gasteiger partial charge in [0.25, 0.3) is 0 Å². The summed E-state index contributed by atoms with van der Waals surface area (Å²) in [6.07, 6.45) is 1.96. The largest absolute Gasteiger partial charge is 0.357 e. The van der Waals surface area contributed by atoms with Crippen molar-refractivity contribution in [3.05, 3.63) is 35.4 Å². The zero-order valence-corrected chi connectivity index (χ0v) is 21.6. The van der Waals surface area contributed by atoms with Gasteiger partial charge in [-0.15, -0.1) is 24.0 Å². The fourth-order valence-electron chi connectivity index (χ4n) is 4.61. The molecular weight excluding hydrogens is 511 g/mol. The molecule has 2 fully saturated rings. The molecule has 0 spiro atoms. The van der Waals surface area contributed by atoms with Crippen molar-refractivity contribution in [3.63, 3.8) is 0 Å². The topological polar surface area (TPSA) is 73.8 Å². The van der Waals surface area contributed by atoms with Crippen molar-refractivity contribution < 1.29 is 8.42 Å². The molecular formula is C22H37IN4O2S. The lowest BCUT2D eigenvalue weighted by Crippen LogP contribution is -2.44. The number of aliphatic imine (C=N–C) groups is 1. The van der Waals surface area contributed by atoms with E-state index in [2.05, 4.69) is 53.6 Å². The summed E-state index contributed by atoms with van der Waals surface area (Å²) in [5.74, 6) is 2.65. The minimum atomic E-state index is -2.91. The number of hydrogen-bond acceptors (Lipinski definition) is 4. The zero-order chi connectivity index (χ0) is 20.9. The third kappa shape index (κ3) is 7.67. The van der Waals surface area contributed by atoms with E-state index in [1.165, 1.54) is 17.5 Å². The van der Waals surface area contributed by atoms with Crippen LogP contribution in [0.5, 0.6) is 0 Å². The number of hydrogen-bond donors (Lipinski definition) is 2. The van der Waals surface area contributed by atoms with Crippen molar-refractivity contribution >= 4 is 39.8 Å². The summed E-state index contributed by atoms with van der Waals surface area (Å²) in [5.41, 5.74) is 2.56. The van der Waals surface area contributed by atoms with E-state index in [0.29, 0.717) is 18.9 Å². The maximum absolute atomic E-state index is 11.7. The molecule has 2 aliphatic rings. The van der Waals surface area contributed by atoms with E-state index in [9.17, 15) is 8.42 Å². The Morgan fingerprint density at radius 3 is 2.43 bits per heavy atom. The van der Waals surface area contributed by atoms with Crippen LogP contribution in [-0.2, 0) is 22.9 Å². The van der Waals surface area contributed by atoms with Gasteiger partial charge in [0, 0.05) is 32.2 Å². The second kappa shape index (κ2) is 11.7. The summed E-state index contributed by atoms with van der Waals surface area (Å²) in [7, 11) is -2.91. The Balaban J connectivity index is 0.00000320. The lowest BCUT2D eigenvalue weighted by atomic mass is 9.91. The maximum Gasteiger partial charge on any atom is 0.191 e. The zero-order valence-electron chi connectivity index (χ0n) is 18.4. The summed E-state index contributed by atoms with van der Waals surface area (Å²) >= 11 is 0. The molecule has 2 aliphatic heterocycles. The first kappa shape index (κ1) is 25.4. The summed E-state index contributed by atoms with van der Waals surface area (Å²) in [6, 6.07) is 8.48. The predicted octanol–water partition coefficient (Wildman–Crippen LogP) is 3.02. The molecule has 3 rings (SSSR count). The molecule has 170 valence electrons. The van der Waals surface area contributed by atoms with E-state index in [0.717, 1.165) is 38.0 Å². The van der Waals surface area contributed by atoms with Gasteiger partial charge in [-0.1, -0.05) is 38.1 Å². The Kier molecular flexibility index (Phi) is 9.87. The molecule has 0 saturated carbocycles. The number of guanidine groups is 1. The van der Waals surface area contributed by atoms with Crippen molar-refractivity contribution in [1.82, 2.24) is 15.5 Å². The van der Waals surface area contributed by atoms with Gasteiger partial charge in [-0.2, -0.15) is 0 Å². The van der Waals surface area contributed by atoms with Crippen LogP contribution in [0.3, 0.4) is 0 Å². The van der Waals surface area contributed by atoms with E-state index in [1.807, 2.05) is 6.92 Å². The Morgan fingerprint density at radius 1 is 1.17 bits per heavy atom. The molecule has 0 bridgehead atoms. The van der Waals surface area contributed by atoms with Crippen molar-refractivity contribution in [3.8, 4) is 0 Å². The Bertz CT molecular complexity index is 805. The quantitative estimate of drug-likeness (QED) is 0.325. The molecule has 0 aliphatic carbocycles. The SMILES string of the molecule is CCNC(=NCc1ccccc1CN1CC(C)CC(C)C1)NC1CCS(=O)(=O)C1.I. The van der Waals surface area contributed by atoms with Gasteiger partial charge < -0.3 is 10.6 Å². The molecule has 8 heteroatoms. The molecule has 1 aromatic carbocycles. The summed E-state index contributed by atoms with van der Waals surface area (Å²) < 4.78 is 23.5. The third-order valence-electron chi connectivity index (χ3n) is 5.78. The minimum Gasteiger partial charge on any atom is -0.357 e. The number of rotatable bonds is 6. The molecule has 2 saturated heterocycles. The molecule has 0 amide bonds. The lowest BCUT2D eigenvalue weighted by Gasteiger charge is -2.35. The van der Waals surface area contributed by atoms with Crippen LogP contribution in [0.15, 0.2) is 29.3 Å². The summed E-state index contributed by atoms with van der Waals surface area (Å²) in [6.45, 7) is 11.3. The number of halogens is 1. The van der Waals surface area contributed by atoms with E-state index in [1.54, 1.807) is 0 Å². The van der Waals surface area contributed by atoms with Crippen molar-refractivity contribution in [2.75, 3.05) is 31.1 Å². The number of nitrogens with zero attached hydrogens (tertiary/aromatic N) is 2. The average molecular weight is 549 g/mol. The highest BCUT2D eigenvalue weighted by atomic mass is 127. The highest BCUT2D eigenvalue weighted by Gasteiger charge is 2.28. The van der Waals surface area contributed by atoms with Gasteiger partial charge >= 0.3 is 0 Å². The number of benzene rings is 1. The molecule has 0 aromatic heterocycles. The van der Waals surface area contributed by atoms with Crippen molar-refractivity contribution in [1.29, 1.82) is 0 Å². The van der Waals surface area contributed by atoms with Gasteiger partial charge in [-0.05, 0) is 42.7 Å². The van der Waals surface area contributed by atoms with Gasteiger partial charge in [-0.3, -0.25) is 4.90 Å². The van der Waals surface area contributed by atoms with Crippen LogP contribution in [0.1, 0.15) is 44.7 Å². The van der Waals surface area contributed by atoms with E-state index >= 15 is 0 Å². The number of piperidine rings is 1. The number of sulfone groups is 1. The van der Waals surface area contributed by atoms with Crippen LogP contribution < -0.4 is 10.6 Å². The van der Waals surface area contributed by atoms with Gasteiger partial charge in [0.05, 0.1) is 18.1 Å². The second-order valence-electron chi connectivity index (χ2n) is 8.85. The Labute approximate surface area is 199 Å². The van der Waals surface area contributed by atoms with E-state index in [4.69, 9.17) is 4.99 Å². The van der Waals surface area contributed by atoms with Crippen molar-refractivity contribution in [2.45, 2.75) is 52.7 Å². The molecule has 3 atom stereocenters. The first-order valence-electron chi connectivity index (χ1n) is 10.9. The van der Waals surface area contributed by atoms with Gasteiger partial charge in [0.15, 0.2) is 15.8 Å². The van der Waals surface area contributed by atoms with Crippen LogP contribution in [0.4, 0.5) is 0 Å². The van der Waals surface area contributed by atoms with Crippen LogP contribution in [0.25, 0.3) is 0 Å². The molecule has 0 radical (unpaired) electrons. The van der Waals surface area contributed by atoms with Crippen LogP contribution >= 0.6 is 24.0 Å². The molecule has 1 aromatic rings. The molecule has 3 unspecified atom stereocenters. The maximum atomic E-state index is 11.7. The van der Waals surface area contributed by atoms with Crippen molar-refractivity contribution in [2.24, 2.45) is 16.8 Å². The smallest absolute Gasteiger partial charge is 0.191 e. The van der Waals surface area contributed by atoms with E-state index in [-0.39, 0.29) is 41.5 Å². The molecule has 2 heterocycles.